The first-order chi connectivity index (χ1) is 9.88. The lowest BCUT2D eigenvalue weighted by Crippen LogP contribution is -2.14. The monoisotopic (exact) mass is 416 g/mol. The SMILES string of the molecule is Cc1cc([N+](=O)[O-])ccc1NC(=O)c1cc(Cl)ccc1I. The molecule has 2 aromatic rings. The summed E-state index contributed by atoms with van der Waals surface area (Å²) in [6.45, 7) is 1.70. The van der Waals surface area contributed by atoms with Crippen molar-refractivity contribution in [2.24, 2.45) is 0 Å². The normalized spacial score (nSPS) is 10.2. The van der Waals surface area contributed by atoms with Crippen LogP contribution in [0.4, 0.5) is 11.4 Å². The van der Waals surface area contributed by atoms with Gasteiger partial charge < -0.3 is 5.32 Å². The van der Waals surface area contributed by atoms with Crippen LogP contribution in [0.1, 0.15) is 15.9 Å². The van der Waals surface area contributed by atoms with Crippen LogP contribution >= 0.6 is 34.2 Å². The van der Waals surface area contributed by atoms with Gasteiger partial charge >= 0.3 is 0 Å². The largest absolute Gasteiger partial charge is 0.322 e. The average Bonchev–Trinajstić information content (AvgIpc) is 2.43. The highest BCUT2D eigenvalue weighted by molar-refractivity contribution is 14.1. The molecule has 0 radical (unpaired) electrons. The standard InChI is InChI=1S/C14H10ClIN2O3/c1-8-6-10(18(20)21)3-5-13(8)17-14(19)11-7-9(15)2-4-12(11)16/h2-7H,1H3,(H,17,19). The molecular formula is C14H10ClIN2O3. The number of hydrogen-bond acceptors (Lipinski definition) is 3. The molecule has 2 aromatic carbocycles. The molecule has 0 heterocycles. The Bertz CT molecular complexity index is 734. The summed E-state index contributed by atoms with van der Waals surface area (Å²) in [5.41, 5.74) is 1.60. The minimum atomic E-state index is -0.474. The number of nitro groups is 1. The minimum absolute atomic E-state index is 0.0113. The molecule has 0 aliphatic heterocycles. The van der Waals surface area contributed by atoms with E-state index in [-0.39, 0.29) is 11.6 Å². The van der Waals surface area contributed by atoms with Crippen LogP contribution in [0.15, 0.2) is 36.4 Å². The van der Waals surface area contributed by atoms with E-state index in [1.807, 2.05) is 22.6 Å². The molecule has 0 aliphatic carbocycles. The van der Waals surface area contributed by atoms with Gasteiger partial charge in [0.1, 0.15) is 0 Å². The maximum atomic E-state index is 12.2. The van der Waals surface area contributed by atoms with E-state index in [4.69, 9.17) is 11.6 Å². The van der Waals surface area contributed by atoms with Crippen molar-refractivity contribution in [3.8, 4) is 0 Å². The molecule has 7 heteroatoms. The fourth-order valence-electron chi connectivity index (χ4n) is 1.76. The molecule has 1 amide bonds. The zero-order chi connectivity index (χ0) is 15.6. The lowest BCUT2D eigenvalue weighted by molar-refractivity contribution is -0.384. The Labute approximate surface area is 139 Å². The van der Waals surface area contributed by atoms with Gasteiger partial charge in [-0.15, -0.1) is 0 Å². The van der Waals surface area contributed by atoms with Crippen molar-refractivity contribution in [3.63, 3.8) is 0 Å². The molecule has 0 fully saturated rings. The van der Waals surface area contributed by atoms with E-state index in [0.29, 0.717) is 21.8 Å². The van der Waals surface area contributed by atoms with Gasteiger partial charge in [-0.2, -0.15) is 0 Å². The van der Waals surface area contributed by atoms with Gasteiger partial charge in [0.15, 0.2) is 0 Å². The number of carbonyl (C=O) groups excluding carboxylic acids is 1. The summed E-state index contributed by atoms with van der Waals surface area (Å²) in [4.78, 5) is 22.5. The van der Waals surface area contributed by atoms with Crippen LogP contribution in [0.3, 0.4) is 0 Å². The van der Waals surface area contributed by atoms with Gasteiger partial charge in [-0.3, -0.25) is 14.9 Å². The highest BCUT2D eigenvalue weighted by atomic mass is 127. The number of non-ortho nitro benzene ring substituents is 1. The number of nitro benzene ring substituents is 1. The second-order valence-corrected chi connectivity index (χ2v) is 5.93. The summed E-state index contributed by atoms with van der Waals surface area (Å²) in [6.07, 6.45) is 0. The lowest BCUT2D eigenvalue weighted by Gasteiger charge is -2.09. The first-order valence-electron chi connectivity index (χ1n) is 5.90. The van der Waals surface area contributed by atoms with Crippen molar-refractivity contribution in [2.75, 3.05) is 5.32 Å². The molecule has 0 spiro atoms. The molecule has 0 unspecified atom stereocenters. The summed E-state index contributed by atoms with van der Waals surface area (Å²) in [5, 5.41) is 13.9. The van der Waals surface area contributed by atoms with Gasteiger partial charge in [0, 0.05) is 26.4 Å². The summed E-state index contributed by atoms with van der Waals surface area (Å²) in [5.74, 6) is -0.307. The van der Waals surface area contributed by atoms with Crippen LogP contribution in [0, 0.1) is 20.6 Å². The fourth-order valence-corrected chi connectivity index (χ4v) is 2.52. The Morgan fingerprint density at radius 3 is 2.62 bits per heavy atom. The molecule has 108 valence electrons. The Morgan fingerprint density at radius 1 is 1.29 bits per heavy atom. The van der Waals surface area contributed by atoms with Gasteiger partial charge in [-0.1, -0.05) is 11.6 Å². The third-order valence-electron chi connectivity index (χ3n) is 2.84. The van der Waals surface area contributed by atoms with E-state index in [9.17, 15) is 14.9 Å². The van der Waals surface area contributed by atoms with Crippen molar-refractivity contribution >= 4 is 51.5 Å². The van der Waals surface area contributed by atoms with E-state index in [0.717, 1.165) is 3.57 Å². The van der Waals surface area contributed by atoms with Crippen molar-refractivity contribution < 1.29 is 9.72 Å². The van der Waals surface area contributed by atoms with Gasteiger partial charge in [-0.25, -0.2) is 0 Å². The van der Waals surface area contributed by atoms with Crippen LogP contribution in [0.5, 0.6) is 0 Å². The molecule has 0 aliphatic rings. The Hall–Kier alpha value is -1.67. The second kappa shape index (κ2) is 6.40. The Kier molecular flexibility index (Phi) is 4.79. The predicted molar refractivity (Wildman–Crippen MR) is 90.0 cm³/mol. The van der Waals surface area contributed by atoms with Crippen LogP contribution < -0.4 is 5.32 Å². The predicted octanol–water partition coefficient (Wildman–Crippen LogP) is 4.41. The molecule has 0 atom stereocenters. The third-order valence-corrected chi connectivity index (χ3v) is 4.02. The van der Waals surface area contributed by atoms with E-state index >= 15 is 0 Å². The highest BCUT2D eigenvalue weighted by Gasteiger charge is 2.14. The summed E-state index contributed by atoms with van der Waals surface area (Å²) < 4.78 is 0.772. The Balaban J connectivity index is 2.27. The molecule has 5 nitrogen and oxygen atoms in total. The van der Waals surface area contributed by atoms with Gasteiger partial charge in [0.2, 0.25) is 0 Å². The zero-order valence-electron chi connectivity index (χ0n) is 10.9. The third kappa shape index (κ3) is 3.70. The number of nitrogens with one attached hydrogen (secondary N) is 1. The zero-order valence-corrected chi connectivity index (χ0v) is 13.8. The summed E-state index contributed by atoms with van der Waals surface area (Å²) in [7, 11) is 0. The number of anilines is 1. The number of halogens is 2. The molecular weight excluding hydrogens is 407 g/mol. The van der Waals surface area contributed by atoms with E-state index in [1.165, 1.54) is 18.2 Å². The molecule has 0 saturated carbocycles. The van der Waals surface area contributed by atoms with Crippen LogP contribution in [0.25, 0.3) is 0 Å². The van der Waals surface area contributed by atoms with Crippen molar-refractivity contribution in [3.05, 3.63) is 66.2 Å². The maximum Gasteiger partial charge on any atom is 0.269 e. The van der Waals surface area contributed by atoms with Crippen molar-refractivity contribution in [2.45, 2.75) is 6.92 Å². The number of hydrogen-bond donors (Lipinski definition) is 1. The molecule has 1 N–H and O–H groups in total. The van der Waals surface area contributed by atoms with Crippen LogP contribution in [0.2, 0.25) is 5.02 Å². The smallest absolute Gasteiger partial charge is 0.269 e. The fraction of sp³-hybridized carbons (Fsp3) is 0.0714. The highest BCUT2D eigenvalue weighted by Crippen LogP contribution is 2.23. The molecule has 0 aromatic heterocycles. The molecule has 0 saturated heterocycles. The average molecular weight is 417 g/mol. The topological polar surface area (TPSA) is 72.2 Å². The van der Waals surface area contributed by atoms with Crippen LogP contribution in [-0.4, -0.2) is 10.8 Å². The summed E-state index contributed by atoms with van der Waals surface area (Å²) >= 11 is 7.94. The number of rotatable bonds is 3. The summed E-state index contributed by atoms with van der Waals surface area (Å²) in [6, 6.07) is 9.32. The van der Waals surface area contributed by atoms with Crippen LogP contribution in [-0.2, 0) is 0 Å². The number of amides is 1. The van der Waals surface area contributed by atoms with Gasteiger partial charge in [0.05, 0.1) is 10.5 Å². The lowest BCUT2D eigenvalue weighted by atomic mass is 10.1. The minimum Gasteiger partial charge on any atom is -0.322 e. The molecule has 2 rings (SSSR count). The number of nitrogens with zero attached hydrogens (tertiary/aromatic N) is 1. The second-order valence-electron chi connectivity index (χ2n) is 4.33. The molecule has 0 bridgehead atoms. The van der Waals surface area contributed by atoms with E-state index in [2.05, 4.69) is 5.32 Å². The van der Waals surface area contributed by atoms with Gasteiger partial charge in [-0.05, 0) is 59.3 Å². The van der Waals surface area contributed by atoms with Gasteiger partial charge in [0.25, 0.3) is 11.6 Å². The van der Waals surface area contributed by atoms with Crippen molar-refractivity contribution in [1.29, 1.82) is 0 Å². The van der Waals surface area contributed by atoms with Crippen molar-refractivity contribution in [1.82, 2.24) is 0 Å². The molecule has 21 heavy (non-hydrogen) atoms. The quantitative estimate of drug-likeness (QED) is 0.457. The number of benzene rings is 2. The number of aryl methyl sites for hydroxylation is 1. The first kappa shape index (κ1) is 15.7. The maximum absolute atomic E-state index is 12.2. The Morgan fingerprint density at radius 2 is 2.00 bits per heavy atom. The van der Waals surface area contributed by atoms with E-state index in [1.54, 1.807) is 25.1 Å². The van der Waals surface area contributed by atoms with E-state index < -0.39 is 4.92 Å². The first-order valence-corrected chi connectivity index (χ1v) is 7.35. The number of carbonyl (C=O) groups is 1.